The number of carbonyl (C=O) groups is 1. The Morgan fingerprint density at radius 2 is 2.13 bits per heavy atom. The maximum atomic E-state index is 12.5. The van der Waals surface area contributed by atoms with Crippen LogP contribution in [0.5, 0.6) is 0 Å². The molecular formula is C15H20N4O3S. The number of amides is 1. The lowest BCUT2D eigenvalue weighted by Gasteiger charge is -2.38. The molecule has 124 valence electrons. The highest BCUT2D eigenvalue weighted by Crippen LogP contribution is 2.14. The number of imidazole rings is 1. The molecule has 1 fully saturated rings. The highest BCUT2D eigenvalue weighted by molar-refractivity contribution is 7.88. The third-order valence-electron chi connectivity index (χ3n) is 4.09. The number of aromatic nitrogens is 2. The Hall–Kier alpha value is -1.93. The maximum Gasteiger partial charge on any atom is 0.228 e. The molecular weight excluding hydrogens is 316 g/mol. The van der Waals surface area contributed by atoms with Crippen LogP contribution in [0.1, 0.15) is 12.6 Å². The van der Waals surface area contributed by atoms with Gasteiger partial charge in [0.25, 0.3) is 0 Å². The van der Waals surface area contributed by atoms with Crippen LogP contribution in [0.4, 0.5) is 0 Å². The second-order valence-corrected chi connectivity index (χ2v) is 7.87. The van der Waals surface area contributed by atoms with Crippen molar-refractivity contribution in [2.24, 2.45) is 0 Å². The van der Waals surface area contributed by atoms with Crippen LogP contribution in [0.15, 0.2) is 30.6 Å². The minimum atomic E-state index is -3.22. The Morgan fingerprint density at radius 3 is 2.78 bits per heavy atom. The summed E-state index contributed by atoms with van der Waals surface area (Å²) >= 11 is 0. The fraction of sp³-hybridized carbons (Fsp3) is 0.467. The van der Waals surface area contributed by atoms with Crippen LogP contribution < -0.4 is 0 Å². The fourth-order valence-electron chi connectivity index (χ4n) is 3.00. The predicted molar refractivity (Wildman–Crippen MR) is 86.5 cm³/mol. The van der Waals surface area contributed by atoms with Crippen LogP contribution >= 0.6 is 0 Å². The summed E-state index contributed by atoms with van der Waals surface area (Å²) in [6.07, 6.45) is 5.18. The van der Waals surface area contributed by atoms with Crippen molar-refractivity contribution >= 4 is 21.6 Å². The largest absolute Gasteiger partial charge is 0.339 e. The molecule has 3 rings (SSSR count). The average molecular weight is 336 g/mol. The Morgan fingerprint density at radius 1 is 1.35 bits per heavy atom. The fourth-order valence-corrected chi connectivity index (χ4v) is 4.13. The van der Waals surface area contributed by atoms with Gasteiger partial charge in [0.15, 0.2) is 0 Å². The van der Waals surface area contributed by atoms with E-state index >= 15 is 0 Å². The van der Waals surface area contributed by atoms with Crippen LogP contribution in [0.25, 0.3) is 5.65 Å². The molecule has 3 heterocycles. The van der Waals surface area contributed by atoms with E-state index < -0.39 is 10.0 Å². The Kier molecular flexibility index (Phi) is 4.11. The average Bonchev–Trinajstić information content (AvgIpc) is 2.87. The molecule has 0 aliphatic carbocycles. The molecule has 0 bridgehead atoms. The van der Waals surface area contributed by atoms with Crippen LogP contribution in [0.2, 0.25) is 0 Å². The van der Waals surface area contributed by atoms with Crippen LogP contribution in [0, 0.1) is 0 Å². The Bertz CT molecular complexity index is 797. The molecule has 1 atom stereocenters. The number of pyridine rings is 1. The van der Waals surface area contributed by atoms with E-state index in [0.717, 1.165) is 11.3 Å². The number of rotatable bonds is 3. The molecule has 0 saturated carbocycles. The van der Waals surface area contributed by atoms with Gasteiger partial charge in [-0.15, -0.1) is 0 Å². The molecule has 1 amide bonds. The molecule has 0 aromatic carbocycles. The van der Waals surface area contributed by atoms with Gasteiger partial charge in [0, 0.05) is 38.1 Å². The zero-order valence-corrected chi connectivity index (χ0v) is 14.0. The van der Waals surface area contributed by atoms with E-state index in [-0.39, 0.29) is 18.4 Å². The summed E-state index contributed by atoms with van der Waals surface area (Å²) in [6.45, 7) is 3.01. The summed E-state index contributed by atoms with van der Waals surface area (Å²) in [6, 6.07) is 5.50. The lowest BCUT2D eigenvalue weighted by atomic mass is 10.2. The lowest BCUT2D eigenvalue weighted by Crippen LogP contribution is -2.55. The minimum Gasteiger partial charge on any atom is -0.339 e. The van der Waals surface area contributed by atoms with Gasteiger partial charge in [0.2, 0.25) is 15.9 Å². The quantitative estimate of drug-likeness (QED) is 0.811. The molecule has 0 spiro atoms. The van der Waals surface area contributed by atoms with Crippen LogP contribution in [0.3, 0.4) is 0 Å². The Balaban J connectivity index is 1.67. The van der Waals surface area contributed by atoms with E-state index in [1.54, 1.807) is 4.90 Å². The number of fused-ring (bicyclic) bond motifs is 1. The number of nitrogens with zero attached hydrogens (tertiary/aromatic N) is 4. The first-order chi connectivity index (χ1) is 10.8. The normalized spacial score (nSPS) is 20.1. The van der Waals surface area contributed by atoms with Crippen molar-refractivity contribution in [3.63, 3.8) is 0 Å². The van der Waals surface area contributed by atoms with Gasteiger partial charge >= 0.3 is 0 Å². The molecule has 1 aliphatic heterocycles. The van der Waals surface area contributed by atoms with Crippen molar-refractivity contribution in [2.75, 3.05) is 25.9 Å². The number of piperazine rings is 1. The summed E-state index contributed by atoms with van der Waals surface area (Å²) in [7, 11) is -3.22. The number of hydrogen-bond donors (Lipinski definition) is 0. The predicted octanol–water partition coefficient (Wildman–Crippen LogP) is 0.369. The maximum absolute atomic E-state index is 12.5. The summed E-state index contributed by atoms with van der Waals surface area (Å²) in [5.41, 5.74) is 1.53. The first-order valence-corrected chi connectivity index (χ1v) is 9.36. The van der Waals surface area contributed by atoms with Crippen molar-refractivity contribution in [1.82, 2.24) is 18.6 Å². The molecule has 8 heteroatoms. The van der Waals surface area contributed by atoms with Gasteiger partial charge in [-0.25, -0.2) is 13.4 Å². The van der Waals surface area contributed by atoms with Gasteiger partial charge in [-0.05, 0) is 19.1 Å². The third-order valence-corrected chi connectivity index (χ3v) is 5.49. The van der Waals surface area contributed by atoms with Crippen molar-refractivity contribution in [3.05, 3.63) is 36.3 Å². The van der Waals surface area contributed by atoms with Crippen molar-refractivity contribution < 1.29 is 13.2 Å². The van der Waals surface area contributed by atoms with Gasteiger partial charge in [0.1, 0.15) is 5.65 Å². The zero-order valence-electron chi connectivity index (χ0n) is 13.2. The topological polar surface area (TPSA) is 75.0 Å². The molecule has 1 saturated heterocycles. The Labute approximate surface area is 135 Å². The standard InChI is InChI=1S/C15H20N4O3S/c1-12-10-18(7-8-19(12)23(2,21)22)15(20)9-13-11-17-6-4-3-5-14(17)16-13/h3-6,11-12H,7-10H2,1-2H3/t12-/m0/s1. The second-order valence-electron chi connectivity index (χ2n) is 5.94. The van der Waals surface area contributed by atoms with Gasteiger partial charge < -0.3 is 9.30 Å². The van der Waals surface area contributed by atoms with E-state index in [9.17, 15) is 13.2 Å². The van der Waals surface area contributed by atoms with Crippen LogP contribution in [-0.2, 0) is 21.2 Å². The summed E-state index contributed by atoms with van der Waals surface area (Å²) < 4.78 is 26.7. The monoisotopic (exact) mass is 336 g/mol. The molecule has 0 N–H and O–H groups in total. The van der Waals surface area contributed by atoms with Crippen molar-refractivity contribution in [2.45, 2.75) is 19.4 Å². The number of sulfonamides is 1. The van der Waals surface area contributed by atoms with Gasteiger partial charge in [-0.1, -0.05) is 6.07 Å². The van der Waals surface area contributed by atoms with Gasteiger partial charge in [0.05, 0.1) is 18.4 Å². The smallest absolute Gasteiger partial charge is 0.228 e. The lowest BCUT2D eigenvalue weighted by molar-refractivity contribution is -0.132. The summed E-state index contributed by atoms with van der Waals surface area (Å²) in [4.78, 5) is 18.6. The van der Waals surface area contributed by atoms with E-state index in [4.69, 9.17) is 0 Å². The first-order valence-electron chi connectivity index (χ1n) is 7.52. The van der Waals surface area contributed by atoms with E-state index in [1.807, 2.05) is 41.9 Å². The van der Waals surface area contributed by atoms with Crippen molar-refractivity contribution in [1.29, 1.82) is 0 Å². The summed E-state index contributed by atoms with van der Waals surface area (Å²) in [5.74, 6) is -0.0200. The van der Waals surface area contributed by atoms with Crippen molar-refractivity contribution in [3.8, 4) is 0 Å². The third kappa shape index (κ3) is 3.37. The molecule has 0 unspecified atom stereocenters. The number of carbonyl (C=O) groups excluding carboxylic acids is 1. The minimum absolute atomic E-state index is 0.0200. The van der Waals surface area contributed by atoms with Gasteiger partial charge in [-0.2, -0.15) is 4.31 Å². The number of hydrogen-bond acceptors (Lipinski definition) is 4. The molecule has 7 nitrogen and oxygen atoms in total. The molecule has 23 heavy (non-hydrogen) atoms. The molecule has 2 aromatic rings. The molecule has 2 aromatic heterocycles. The SMILES string of the molecule is C[C@H]1CN(C(=O)Cc2cn3ccccc3n2)CCN1S(C)(=O)=O. The van der Waals surface area contributed by atoms with Crippen LogP contribution in [-0.4, -0.2) is 64.8 Å². The second kappa shape index (κ2) is 5.93. The summed E-state index contributed by atoms with van der Waals surface area (Å²) in [5, 5.41) is 0. The van der Waals surface area contributed by atoms with E-state index in [2.05, 4.69) is 4.98 Å². The highest BCUT2D eigenvalue weighted by atomic mass is 32.2. The van der Waals surface area contributed by atoms with Gasteiger partial charge in [-0.3, -0.25) is 4.79 Å². The zero-order chi connectivity index (χ0) is 16.6. The highest BCUT2D eigenvalue weighted by Gasteiger charge is 2.31. The first kappa shape index (κ1) is 15.9. The molecule has 0 radical (unpaired) electrons. The van der Waals surface area contributed by atoms with E-state index in [1.165, 1.54) is 10.6 Å². The van der Waals surface area contributed by atoms with E-state index in [0.29, 0.717) is 19.6 Å². The molecule has 1 aliphatic rings.